The van der Waals surface area contributed by atoms with E-state index in [1.807, 2.05) is 36.4 Å². The highest BCUT2D eigenvalue weighted by molar-refractivity contribution is 5.79. The highest BCUT2D eigenvalue weighted by Crippen LogP contribution is 2.32. The van der Waals surface area contributed by atoms with Gasteiger partial charge < -0.3 is 14.2 Å². The molecule has 8 heteroatoms. The summed E-state index contributed by atoms with van der Waals surface area (Å²) in [5.41, 5.74) is 1.89. The van der Waals surface area contributed by atoms with Crippen LogP contribution in [0.4, 0.5) is 4.39 Å². The number of ether oxygens (including phenoxy) is 1. The summed E-state index contributed by atoms with van der Waals surface area (Å²) in [7, 11) is 0. The molecule has 0 saturated carbocycles. The second-order valence-corrected chi connectivity index (χ2v) is 7.79. The van der Waals surface area contributed by atoms with Gasteiger partial charge in [-0.1, -0.05) is 35.5 Å². The van der Waals surface area contributed by atoms with Crippen LogP contribution in [-0.4, -0.2) is 45.1 Å². The summed E-state index contributed by atoms with van der Waals surface area (Å²) in [5, 5.41) is 4.07. The van der Waals surface area contributed by atoms with Crippen LogP contribution in [-0.2, 0) is 11.2 Å². The number of likely N-dealkylation sites (tertiary alicyclic amines) is 1. The summed E-state index contributed by atoms with van der Waals surface area (Å²) < 4.78 is 25.6. The first-order valence-electron chi connectivity index (χ1n) is 10.7. The number of nitrogens with zero attached hydrogens (tertiary/aromatic N) is 4. The van der Waals surface area contributed by atoms with Gasteiger partial charge >= 0.3 is 0 Å². The first-order valence-corrected chi connectivity index (χ1v) is 10.7. The standard InChI is InChI=1S/C25H21FN4O3/c26-21-7-3-1-5-18(21)15-23(31)30-14-11-19(16-30)32-22-8-4-2-6-20(22)25-28-24(29-33-25)17-9-12-27-13-10-17/h1-10,12-13,19H,11,14-16H2. The number of carbonyl (C=O) groups excluding carboxylic acids is 1. The molecule has 4 aromatic rings. The zero-order valence-corrected chi connectivity index (χ0v) is 17.7. The van der Waals surface area contributed by atoms with Crippen LogP contribution in [0.5, 0.6) is 5.75 Å². The fourth-order valence-corrected chi connectivity index (χ4v) is 3.84. The van der Waals surface area contributed by atoms with Gasteiger partial charge in [0.2, 0.25) is 11.7 Å². The quantitative estimate of drug-likeness (QED) is 0.444. The van der Waals surface area contributed by atoms with Crippen molar-refractivity contribution in [2.24, 2.45) is 0 Å². The molecule has 1 aliphatic heterocycles. The van der Waals surface area contributed by atoms with Crippen LogP contribution in [0.15, 0.2) is 77.6 Å². The average Bonchev–Trinajstić information content (AvgIpc) is 3.52. The van der Waals surface area contributed by atoms with E-state index in [9.17, 15) is 9.18 Å². The Balaban J connectivity index is 1.27. The lowest BCUT2D eigenvalue weighted by atomic mass is 10.1. The van der Waals surface area contributed by atoms with Gasteiger partial charge in [0.25, 0.3) is 5.89 Å². The summed E-state index contributed by atoms with van der Waals surface area (Å²) in [6, 6.07) is 17.4. The van der Waals surface area contributed by atoms with Crippen molar-refractivity contribution in [2.75, 3.05) is 13.1 Å². The predicted molar refractivity (Wildman–Crippen MR) is 119 cm³/mol. The highest BCUT2D eigenvalue weighted by Gasteiger charge is 2.29. The third-order valence-corrected chi connectivity index (χ3v) is 5.57. The van der Waals surface area contributed by atoms with Gasteiger partial charge in [-0.15, -0.1) is 0 Å². The number of hydrogen-bond donors (Lipinski definition) is 0. The Kier molecular flexibility index (Phi) is 5.80. The molecular weight excluding hydrogens is 423 g/mol. The second-order valence-electron chi connectivity index (χ2n) is 7.79. The van der Waals surface area contributed by atoms with Crippen molar-refractivity contribution in [3.63, 3.8) is 0 Å². The Morgan fingerprint density at radius 3 is 2.73 bits per heavy atom. The van der Waals surface area contributed by atoms with E-state index < -0.39 is 0 Å². The first kappa shape index (κ1) is 20.8. The molecule has 5 rings (SSSR count). The van der Waals surface area contributed by atoms with Crippen molar-refractivity contribution in [3.05, 3.63) is 84.4 Å². The Labute approximate surface area is 189 Å². The minimum atomic E-state index is -0.363. The van der Waals surface area contributed by atoms with Gasteiger partial charge in [-0.25, -0.2) is 4.39 Å². The van der Waals surface area contributed by atoms with Crippen LogP contribution in [0.1, 0.15) is 12.0 Å². The van der Waals surface area contributed by atoms with E-state index in [1.165, 1.54) is 6.07 Å². The van der Waals surface area contributed by atoms with Gasteiger partial charge in [0.05, 0.1) is 18.5 Å². The number of rotatable bonds is 6. The topological polar surface area (TPSA) is 81.4 Å². The molecule has 1 aliphatic rings. The number of para-hydroxylation sites is 1. The van der Waals surface area contributed by atoms with Gasteiger partial charge in [-0.3, -0.25) is 9.78 Å². The second kappa shape index (κ2) is 9.20. The van der Waals surface area contributed by atoms with Gasteiger partial charge in [0, 0.05) is 30.9 Å². The number of halogens is 1. The smallest absolute Gasteiger partial charge is 0.262 e. The molecule has 1 amide bonds. The number of carbonyl (C=O) groups is 1. The molecule has 0 radical (unpaired) electrons. The van der Waals surface area contributed by atoms with Crippen LogP contribution < -0.4 is 4.74 Å². The Morgan fingerprint density at radius 2 is 1.88 bits per heavy atom. The third kappa shape index (κ3) is 4.59. The van der Waals surface area contributed by atoms with Crippen LogP contribution in [0.2, 0.25) is 0 Å². The highest BCUT2D eigenvalue weighted by atomic mass is 19.1. The molecule has 1 atom stereocenters. The predicted octanol–water partition coefficient (Wildman–Crippen LogP) is 4.16. The minimum Gasteiger partial charge on any atom is -0.488 e. The molecule has 2 aromatic heterocycles. The number of amides is 1. The van der Waals surface area contributed by atoms with E-state index in [-0.39, 0.29) is 24.2 Å². The lowest BCUT2D eigenvalue weighted by Crippen LogP contribution is -2.32. The van der Waals surface area contributed by atoms with E-state index >= 15 is 0 Å². The molecule has 3 heterocycles. The molecular formula is C25H21FN4O3. The monoisotopic (exact) mass is 444 g/mol. The Hall–Kier alpha value is -4.07. The maximum atomic E-state index is 13.9. The average molecular weight is 444 g/mol. The lowest BCUT2D eigenvalue weighted by Gasteiger charge is -2.18. The van der Waals surface area contributed by atoms with Gasteiger partial charge in [-0.05, 0) is 35.9 Å². The summed E-state index contributed by atoms with van der Waals surface area (Å²) in [6.07, 6.45) is 3.88. The molecule has 33 heavy (non-hydrogen) atoms. The maximum absolute atomic E-state index is 13.9. The number of benzene rings is 2. The van der Waals surface area contributed by atoms with E-state index in [1.54, 1.807) is 35.5 Å². The number of hydrogen-bond acceptors (Lipinski definition) is 6. The Morgan fingerprint density at radius 1 is 1.09 bits per heavy atom. The summed E-state index contributed by atoms with van der Waals surface area (Å²) in [5.74, 6) is 0.947. The molecule has 0 N–H and O–H groups in total. The molecule has 0 aliphatic carbocycles. The zero-order chi connectivity index (χ0) is 22.6. The van der Waals surface area contributed by atoms with Gasteiger partial charge in [0.15, 0.2) is 0 Å². The fourth-order valence-electron chi connectivity index (χ4n) is 3.84. The largest absolute Gasteiger partial charge is 0.488 e. The Bertz CT molecular complexity index is 1260. The molecule has 7 nitrogen and oxygen atoms in total. The first-order chi connectivity index (χ1) is 16.2. The molecule has 2 aromatic carbocycles. The maximum Gasteiger partial charge on any atom is 0.262 e. The molecule has 1 unspecified atom stereocenters. The molecule has 166 valence electrons. The van der Waals surface area contributed by atoms with Crippen molar-refractivity contribution in [1.29, 1.82) is 0 Å². The van der Waals surface area contributed by atoms with E-state index in [0.29, 0.717) is 48.1 Å². The molecule has 0 spiro atoms. The van der Waals surface area contributed by atoms with Crippen molar-refractivity contribution in [3.8, 4) is 28.6 Å². The van der Waals surface area contributed by atoms with E-state index in [4.69, 9.17) is 9.26 Å². The summed E-state index contributed by atoms with van der Waals surface area (Å²) >= 11 is 0. The van der Waals surface area contributed by atoms with Crippen molar-refractivity contribution in [2.45, 2.75) is 18.9 Å². The SMILES string of the molecule is O=C(Cc1ccccc1F)N1CCC(Oc2ccccc2-c2nc(-c3ccncc3)no2)C1. The van der Waals surface area contributed by atoms with E-state index in [0.717, 1.165) is 5.56 Å². The summed E-state index contributed by atoms with van der Waals surface area (Å²) in [4.78, 5) is 22.9. The zero-order valence-electron chi connectivity index (χ0n) is 17.7. The molecule has 1 fully saturated rings. The van der Waals surface area contributed by atoms with Crippen molar-refractivity contribution in [1.82, 2.24) is 20.0 Å². The van der Waals surface area contributed by atoms with Crippen LogP contribution >= 0.6 is 0 Å². The van der Waals surface area contributed by atoms with Crippen LogP contribution in [0, 0.1) is 5.82 Å². The summed E-state index contributed by atoms with van der Waals surface area (Å²) in [6.45, 7) is 1.00. The van der Waals surface area contributed by atoms with Gasteiger partial charge in [0.1, 0.15) is 17.7 Å². The number of aromatic nitrogens is 3. The van der Waals surface area contributed by atoms with Gasteiger partial charge in [-0.2, -0.15) is 4.98 Å². The third-order valence-electron chi connectivity index (χ3n) is 5.57. The molecule has 0 bridgehead atoms. The molecule has 1 saturated heterocycles. The van der Waals surface area contributed by atoms with Crippen molar-refractivity contribution < 1.29 is 18.4 Å². The van der Waals surface area contributed by atoms with E-state index in [2.05, 4.69) is 15.1 Å². The fraction of sp³-hybridized carbons (Fsp3) is 0.200. The number of pyridine rings is 1. The van der Waals surface area contributed by atoms with Crippen LogP contribution in [0.3, 0.4) is 0 Å². The lowest BCUT2D eigenvalue weighted by molar-refractivity contribution is -0.129. The van der Waals surface area contributed by atoms with Crippen LogP contribution in [0.25, 0.3) is 22.8 Å². The minimum absolute atomic E-state index is 0.0374. The normalized spacial score (nSPS) is 15.5. The van der Waals surface area contributed by atoms with Crippen molar-refractivity contribution >= 4 is 5.91 Å².